The van der Waals surface area contributed by atoms with Crippen LogP contribution in [0.15, 0.2) is 18.2 Å². The normalized spacial score (nSPS) is 13.0. The Kier molecular flexibility index (Phi) is 2.76. The van der Waals surface area contributed by atoms with Gasteiger partial charge in [0.1, 0.15) is 12.0 Å². The lowest BCUT2D eigenvalue weighted by Gasteiger charge is -2.06. The molecule has 0 aliphatic rings. The van der Waals surface area contributed by atoms with Crippen molar-refractivity contribution in [3.63, 3.8) is 0 Å². The van der Waals surface area contributed by atoms with Gasteiger partial charge >= 0.3 is 0 Å². The van der Waals surface area contributed by atoms with Crippen LogP contribution in [0.5, 0.6) is 0 Å². The summed E-state index contributed by atoms with van der Waals surface area (Å²) in [6, 6.07) is 4.40. The molecular weight excluding hydrogens is 160 g/mol. The molecule has 0 heterocycles. The highest BCUT2D eigenvalue weighted by atomic mass is 19.1. The van der Waals surface area contributed by atoms with Crippen molar-refractivity contribution in [2.45, 2.75) is 13.1 Å². The van der Waals surface area contributed by atoms with Crippen LogP contribution in [-0.4, -0.2) is 6.54 Å². The highest BCUT2D eigenvalue weighted by Gasteiger charge is 2.11. The largest absolute Gasteiger partial charge is 0.327 e. The predicted molar refractivity (Wildman–Crippen MR) is 44.0 cm³/mol. The highest BCUT2D eigenvalue weighted by Crippen LogP contribution is 2.20. The maximum Gasteiger partial charge on any atom is 0.140 e. The van der Waals surface area contributed by atoms with E-state index in [1.165, 1.54) is 12.1 Å². The average molecular weight is 171 g/mol. The Morgan fingerprint density at radius 1 is 1.50 bits per heavy atom. The predicted octanol–water partition coefficient (Wildman–Crippen LogP) is 2.10. The molecule has 0 aromatic heterocycles. The molecule has 1 unspecified atom stereocenters. The fraction of sp³-hybridized carbons (Fsp3) is 0.333. The maximum atomic E-state index is 13.0. The SMILES string of the molecule is Cc1ccc(C(F)CN)c(F)c1. The molecule has 66 valence electrons. The minimum Gasteiger partial charge on any atom is -0.327 e. The second kappa shape index (κ2) is 3.63. The molecule has 0 aliphatic carbocycles. The summed E-state index contributed by atoms with van der Waals surface area (Å²) < 4.78 is 25.9. The van der Waals surface area contributed by atoms with Crippen LogP contribution >= 0.6 is 0 Å². The van der Waals surface area contributed by atoms with Gasteiger partial charge in [0.15, 0.2) is 0 Å². The molecule has 0 saturated carbocycles. The van der Waals surface area contributed by atoms with Gasteiger partial charge in [-0.15, -0.1) is 0 Å². The lowest BCUT2D eigenvalue weighted by Crippen LogP contribution is -2.09. The smallest absolute Gasteiger partial charge is 0.140 e. The Morgan fingerprint density at radius 3 is 2.67 bits per heavy atom. The maximum absolute atomic E-state index is 13.0. The molecule has 2 N–H and O–H groups in total. The van der Waals surface area contributed by atoms with E-state index < -0.39 is 12.0 Å². The van der Waals surface area contributed by atoms with E-state index in [-0.39, 0.29) is 12.1 Å². The van der Waals surface area contributed by atoms with Gasteiger partial charge in [-0.05, 0) is 18.6 Å². The van der Waals surface area contributed by atoms with E-state index >= 15 is 0 Å². The van der Waals surface area contributed by atoms with Crippen molar-refractivity contribution in [2.75, 3.05) is 6.54 Å². The number of aryl methyl sites for hydroxylation is 1. The first-order chi connectivity index (χ1) is 5.65. The highest BCUT2D eigenvalue weighted by molar-refractivity contribution is 5.25. The van der Waals surface area contributed by atoms with Gasteiger partial charge in [0.25, 0.3) is 0 Å². The van der Waals surface area contributed by atoms with Crippen molar-refractivity contribution in [1.29, 1.82) is 0 Å². The summed E-state index contributed by atoms with van der Waals surface area (Å²) in [6.45, 7) is 1.57. The first-order valence-electron chi connectivity index (χ1n) is 3.75. The van der Waals surface area contributed by atoms with E-state index in [0.29, 0.717) is 0 Å². The van der Waals surface area contributed by atoms with Crippen molar-refractivity contribution >= 4 is 0 Å². The number of hydrogen-bond donors (Lipinski definition) is 1. The molecule has 1 aromatic rings. The monoisotopic (exact) mass is 171 g/mol. The fourth-order valence-corrected chi connectivity index (χ4v) is 1.01. The fourth-order valence-electron chi connectivity index (χ4n) is 1.01. The summed E-state index contributed by atoms with van der Waals surface area (Å²) in [5.41, 5.74) is 5.89. The van der Waals surface area contributed by atoms with Gasteiger partial charge in [-0.2, -0.15) is 0 Å². The number of hydrogen-bond acceptors (Lipinski definition) is 1. The summed E-state index contributed by atoms with van der Waals surface area (Å²) in [5.74, 6) is -0.520. The Balaban J connectivity index is 3.01. The second-order valence-electron chi connectivity index (χ2n) is 2.73. The van der Waals surface area contributed by atoms with E-state index in [2.05, 4.69) is 0 Å². The van der Waals surface area contributed by atoms with Crippen LogP contribution in [0.1, 0.15) is 17.3 Å². The van der Waals surface area contributed by atoms with Gasteiger partial charge in [0, 0.05) is 12.1 Å². The quantitative estimate of drug-likeness (QED) is 0.724. The molecule has 0 spiro atoms. The van der Waals surface area contributed by atoms with Gasteiger partial charge in [-0.1, -0.05) is 12.1 Å². The van der Waals surface area contributed by atoms with Crippen LogP contribution in [0.4, 0.5) is 8.78 Å². The van der Waals surface area contributed by atoms with Crippen LogP contribution < -0.4 is 5.73 Å². The molecule has 1 aromatic carbocycles. The number of alkyl halides is 1. The lowest BCUT2D eigenvalue weighted by atomic mass is 10.1. The zero-order chi connectivity index (χ0) is 9.14. The van der Waals surface area contributed by atoms with Crippen molar-refractivity contribution in [3.05, 3.63) is 35.1 Å². The Hall–Kier alpha value is -0.960. The zero-order valence-electron chi connectivity index (χ0n) is 6.85. The van der Waals surface area contributed by atoms with E-state index in [0.717, 1.165) is 5.56 Å². The zero-order valence-corrected chi connectivity index (χ0v) is 6.85. The molecule has 0 amide bonds. The number of benzene rings is 1. The standard InChI is InChI=1S/C9H11F2N/c1-6-2-3-7(8(10)4-6)9(11)5-12/h2-4,9H,5,12H2,1H3. The molecule has 0 aliphatic heterocycles. The molecule has 12 heavy (non-hydrogen) atoms. The van der Waals surface area contributed by atoms with E-state index in [1.807, 2.05) is 0 Å². The van der Waals surface area contributed by atoms with E-state index in [4.69, 9.17) is 5.73 Å². The van der Waals surface area contributed by atoms with Crippen molar-refractivity contribution in [2.24, 2.45) is 5.73 Å². The summed E-state index contributed by atoms with van der Waals surface area (Å²) in [7, 11) is 0. The van der Waals surface area contributed by atoms with Gasteiger partial charge in [-0.25, -0.2) is 8.78 Å². The summed E-state index contributed by atoms with van der Waals surface area (Å²) in [6.07, 6.45) is -1.40. The molecule has 1 rings (SSSR count). The molecule has 3 heteroatoms. The minimum absolute atomic E-state index is 0.0445. The average Bonchev–Trinajstić information content (AvgIpc) is 2.03. The van der Waals surface area contributed by atoms with Crippen molar-refractivity contribution in [3.8, 4) is 0 Å². The third kappa shape index (κ3) is 1.80. The van der Waals surface area contributed by atoms with Crippen LogP contribution in [0.25, 0.3) is 0 Å². The van der Waals surface area contributed by atoms with Gasteiger partial charge in [0.2, 0.25) is 0 Å². The van der Waals surface area contributed by atoms with Crippen molar-refractivity contribution < 1.29 is 8.78 Å². The second-order valence-corrected chi connectivity index (χ2v) is 2.73. The third-order valence-electron chi connectivity index (χ3n) is 1.70. The summed E-state index contributed by atoms with van der Waals surface area (Å²) in [5, 5.41) is 0. The minimum atomic E-state index is -1.40. The molecule has 0 radical (unpaired) electrons. The molecule has 0 bridgehead atoms. The van der Waals surface area contributed by atoms with E-state index in [9.17, 15) is 8.78 Å². The molecule has 1 atom stereocenters. The van der Waals surface area contributed by atoms with Crippen LogP contribution in [0.2, 0.25) is 0 Å². The number of rotatable bonds is 2. The van der Waals surface area contributed by atoms with Crippen LogP contribution in [0.3, 0.4) is 0 Å². The van der Waals surface area contributed by atoms with Crippen LogP contribution in [-0.2, 0) is 0 Å². The number of halogens is 2. The Labute approximate surface area is 70.2 Å². The van der Waals surface area contributed by atoms with E-state index in [1.54, 1.807) is 13.0 Å². The molecule has 0 saturated heterocycles. The molecule has 0 fully saturated rings. The third-order valence-corrected chi connectivity index (χ3v) is 1.70. The first-order valence-corrected chi connectivity index (χ1v) is 3.75. The lowest BCUT2D eigenvalue weighted by molar-refractivity contribution is 0.341. The van der Waals surface area contributed by atoms with Crippen molar-refractivity contribution in [1.82, 2.24) is 0 Å². The Bertz CT molecular complexity index is 273. The van der Waals surface area contributed by atoms with Crippen LogP contribution in [0, 0.1) is 12.7 Å². The molecular formula is C9H11F2N. The van der Waals surface area contributed by atoms with Gasteiger partial charge < -0.3 is 5.73 Å². The topological polar surface area (TPSA) is 26.0 Å². The Morgan fingerprint density at radius 2 is 2.17 bits per heavy atom. The summed E-state index contributed by atoms with van der Waals surface area (Å²) >= 11 is 0. The summed E-state index contributed by atoms with van der Waals surface area (Å²) in [4.78, 5) is 0. The van der Waals surface area contributed by atoms with Gasteiger partial charge in [-0.3, -0.25) is 0 Å². The van der Waals surface area contributed by atoms with Gasteiger partial charge in [0.05, 0.1) is 0 Å². The first kappa shape index (κ1) is 9.13. The molecule has 1 nitrogen and oxygen atoms in total. The number of nitrogens with two attached hydrogens (primary N) is 1.